The molecule has 0 N–H and O–H groups in total. The highest BCUT2D eigenvalue weighted by Crippen LogP contribution is 2.23. The molecule has 0 fully saturated rings. The lowest BCUT2D eigenvalue weighted by Crippen LogP contribution is -2.31. The van der Waals surface area contributed by atoms with Gasteiger partial charge in [0.2, 0.25) is 5.78 Å². The summed E-state index contributed by atoms with van der Waals surface area (Å²) in [5.74, 6) is -0.388. The SMILES string of the molecule is C[C@H](OC(=O)c1cnc2n(c1=O)CCS2)C(=O)c1ccc(C(C)(C)C)cc1. The van der Waals surface area contributed by atoms with Gasteiger partial charge in [0.1, 0.15) is 5.56 Å². The van der Waals surface area contributed by atoms with E-state index in [1.54, 1.807) is 12.1 Å². The molecule has 3 rings (SSSR count). The first-order chi connectivity index (χ1) is 12.7. The van der Waals surface area contributed by atoms with E-state index in [9.17, 15) is 14.4 Å². The fourth-order valence-electron chi connectivity index (χ4n) is 2.80. The number of fused-ring (bicyclic) bond motifs is 1. The van der Waals surface area contributed by atoms with E-state index < -0.39 is 17.6 Å². The minimum absolute atomic E-state index is 0.0132. The number of hydrogen-bond donors (Lipinski definition) is 0. The van der Waals surface area contributed by atoms with Gasteiger partial charge >= 0.3 is 5.97 Å². The van der Waals surface area contributed by atoms with Crippen LogP contribution in [-0.4, -0.2) is 33.2 Å². The van der Waals surface area contributed by atoms with Gasteiger partial charge in [-0.3, -0.25) is 14.2 Å². The lowest BCUT2D eigenvalue weighted by atomic mass is 9.86. The molecule has 0 saturated carbocycles. The first kappa shape index (κ1) is 19.4. The lowest BCUT2D eigenvalue weighted by Gasteiger charge is -2.19. The van der Waals surface area contributed by atoms with E-state index in [-0.39, 0.29) is 16.8 Å². The van der Waals surface area contributed by atoms with E-state index in [4.69, 9.17) is 4.74 Å². The standard InChI is InChI=1S/C20H22N2O4S/c1-12(16(23)13-5-7-14(8-6-13)20(2,3)4)26-18(25)15-11-21-19-22(17(15)24)9-10-27-19/h5-8,11-12H,9-10H2,1-4H3/t12-/m0/s1. The summed E-state index contributed by atoms with van der Waals surface area (Å²) in [5, 5.41) is 0.597. The molecule has 1 atom stereocenters. The molecule has 2 aromatic rings. The number of hydrogen-bond acceptors (Lipinski definition) is 6. The normalized spacial score (nSPS) is 14.5. The van der Waals surface area contributed by atoms with Crippen molar-refractivity contribution in [2.24, 2.45) is 0 Å². The average Bonchev–Trinajstić information content (AvgIpc) is 3.10. The highest BCUT2D eigenvalue weighted by molar-refractivity contribution is 7.99. The van der Waals surface area contributed by atoms with Crippen LogP contribution >= 0.6 is 11.8 Å². The average molecular weight is 386 g/mol. The minimum Gasteiger partial charge on any atom is -0.450 e. The first-order valence-electron chi connectivity index (χ1n) is 8.77. The fraction of sp³-hybridized carbons (Fsp3) is 0.400. The van der Waals surface area contributed by atoms with Gasteiger partial charge in [-0.05, 0) is 17.9 Å². The molecular formula is C20H22N2O4S. The molecule has 27 heavy (non-hydrogen) atoms. The zero-order valence-electron chi connectivity index (χ0n) is 15.8. The third-order valence-corrected chi connectivity index (χ3v) is 5.44. The Morgan fingerprint density at radius 3 is 2.52 bits per heavy atom. The number of carbonyl (C=O) groups excluding carboxylic acids is 2. The maximum absolute atomic E-state index is 12.6. The molecule has 0 spiro atoms. The molecular weight excluding hydrogens is 364 g/mol. The Hall–Kier alpha value is -2.41. The summed E-state index contributed by atoms with van der Waals surface area (Å²) in [6.07, 6.45) is 0.231. The van der Waals surface area contributed by atoms with Crippen LogP contribution < -0.4 is 5.56 Å². The van der Waals surface area contributed by atoms with Crippen LogP contribution in [0.15, 0.2) is 40.4 Å². The van der Waals surface area contributed by atoms with E-state index in [1.807, 2.05) is 12.1 Å². The Morgan fingerprint density at radius 1 is 1.22 bits per heavy atom. The highest BCUT2D eigenvalue weighted by atomic mass is 32.2. The molecule has 7 heteroatoms. The van der Waals surface area contributed by atoms with Crippen molar-refractivity contribution >= 4 is 23.5 Å². The molecule has 1 aliphatic heterocycles. The summed E-state index contributed by atoms with van der Waals surface area (Å²) in [7, 11) is 0. The van der Waals surface area contributed by atoms with Gasteiger partial charge in [-0.1, -0.05) is 56.8 Å². The summed E-state index contributed by atoms with van der Waals surface area (Å²) < 4.78 is 6.70. The van der Waals surface area contributed by atoms with Crippen molar-refractivity contribution in [3.05, 3.63) is 57.5 Å². The van der Waals surface area contributed by atoms with E-state index >= 15 is 0 Å². The largest absolute Gasteiger partial charge is 0.450 e. The zero-order chi connectivity index (χ0) is 19.8. The van der Waals surface area contributed by atoms with Gasteiger partial charge in [-0.2, -0.15) is 0 Å². The van der Waals surface area contributed by atoms with Crippen LogP contribution in [-0.2, 0) is 16.7 Å². The number of benzene rings is 1. The molecule has 2 heterocycles. The Bertz CT molecular complexity index is 942. The molecule has 0 radical (unpaired) electrons. The summed E-state index contributed by atoms with van der Waals surface area (Å²) in [6.45, 7) is 8.30. The van der Waals surface area contributed by atoms with Crippen molar-refractivity contribution in [2.75, 3.05) is 5.75 Å². The summed E-state index contributed by atoms with van der Waals surface area (Å²) >= 11 is 1.47. The van der Waals surface area contributed by atoms with Crippen molar-refractivity contribution in [2.45, 2.75) is 50.9 Å². The third-order valence-electron chi connectivity index (χ3n) is 4.47. The molecule has 0 amide bonds. The fourth-order valence-corrected chi connectivity index (χ4v) is 3.72. The topological polar surface area (TPSA) is 78.3 Å². The van der Waals surface area contributed by atoms with E-state index in [1.165, 1.54) is 29.4 Å². The second-order valence-corrected chi connectivity index (χ2v) is 8.56. The number of aromatic nitrogens is 2. The summed E-state index contributed by atoms with van der Waals surface area (Å²) in [4.78, 5) is 41.4. The lowest BCUT2D eigenvalue weighted by molar-refractivity contribution is 0.0315. The molecule has 0 saturated heterocycles. The van der Waals surface area contributed by atoms with Gasteiger partial charge in [0.15, 0.2) is 11.3 Å². The maximum Gasteiger partial charge on any atom is 0.346 e. The smallest absolute Gasteiger partial charge is 0.346 e. The van der Waals surface area contributed by atoms with Gasteiger partial charge in [0.05, 0.1) is 6.20 Å². The quantitative estimate of drug-likeness (QED) is 0.456. The number of esters is 1. The summed E-state index contributed by atoms with van der Waals surface area (Å²) in [5.41, 5.74) is 0.983. The van der Waals surface area contributed by atoms with Crippen molar-refractivity contribution in [1.82, 2.24) is 9.55 Å². The van der Waals surface area contributed by atoms with Crippen LogP contribution in [0.1, 0.15) is 54.0 Å². The molecule has 0 aliphatic carbocycles. The predicted octanol–water partition coefficient (Wildman–Crippen LogP) is 3.07. The van der Waals surface area contributed by atoms with E-state index in [0.717, 1.165) is 11.3 Å². The van der Waals surface area contributed by atoms with Crippen molar-refractivity contribution in [3.8, 4) is 0 Å². The molecule has 1 aromatic carbocycles. The first-order valence-corrected chi connectivity index (χ1v) is 9.75. The Balaban J connectivity index is 1.73. The van der Waals surface area contributed by atoms with E-state index in [0.29, 0.717) is 17.3 Å². The van der Waals surface area contributed by atoms with Crippen molar-refractivity contribution in [1.29, 1.82) is 0 Å². The van der Waals surface area contributed by atoms with Crippen LogP contribution in [0.25, 0.3) is 0 Å². The number of carbonyl (C=O) groups is 2. The van der Waals surface area contributed by atoms with Crippen LogP contribution in [0.4, 0.5) is 0 Å². The zero-order valence-corrected chi connectivity index (χ0v) is 16.6. The molecule has 1 aliphatic rings. The number of Topliss-reactive ketones (excluding diaryl/α,β-unsaturated/α-hetero) is 1. The number of thioether (sulfide) groups is 1. The molecule has 0 unspecified atom stereocenters. The van der Waals surface area contributed by atoms with E-state index in [2.05, 4.69) is 25.8 Å². The van der Waals surface area contributed by atoms with Crippen LogP contribution in [0.3, 0.4) is 0 Å². The maximum atomic E-state index is 12.6. The number of ketones is 1. The second-order valence-electron chi connectivity index (χ2n) is 7.50. The Labute approximate surface area is 162 Å². The predicted molar refractivity (Wildman–Crippen MR) is 104 cm³/mol. The highest BCUT2D eigenvalue weighted by Gasteiger charge is 2.25. The van der Waals surface area contributed by atoms with Crippen LogP contribution in [0.5, 0.6) is 0 Å². The van der Waals surface area contributed by atoms with Gasteiger partial charge in [-0.25, -0.2) is 9.78 Å². The molecule has 0 bridgehead atoms. The van der Waals surface area contributed by atoms with Crippen LogP contribution in [0, 0.1) is 0 Å². The van der Waals surface area contributed by atoms with Gasteiger partial charge in [0, 0.05) is 17.9 Å². The molecule has 6 nitrogen and oxygen atoms in total. The number of ether oxygens (including phenoxy) is 1. The Kier molecular flexibility index (Phi) is 5.24. The van der Waals surface area contributed by atoms with Gasteiger partial charge < -0.3 is 4.74 Å². The molecule has 1 aromatic heterocycles. The summed E-state index contributed by atoms with van der Waals surface area (Å²) in [6, 6.07) is 7.26. The monoisotopic (exact) mass is 386 g/mol. The number of rotatable bonds is 4. The minimum atomic E-state index is -0.995. The third kappa shape index (κ3) is 3.98. The molecule has 142 valence electrons. The van der Waals surface area contributed by atoms with Gasteiger partial charge in [-0.15, -0.1) is 0 Å². The van der Waals surface area contributed by atoms with Crippen molar-refractivity contribution in [3.63, 3.8) is 0 Å². The van der Waals surface area contributed by atoms with Crippen molar-refractivity contribution < 1.29 is 14.3 Å². The Morgan fingerprint density at radius 2 is 1.89 bits per heavy atom. The number of nitrogens with zero attached hydrogens (tertiary/aromatic N) is 2. The second kappa shape index (κ2) is 7.31. The van der Waals surface area contributed by atoms with Gasteiger partial charge in [0.25, 0.3) is 5.56 Å². The van der Waals surface area contributed by atoms with Crippen LogP contribution in [0.2, 0.25) is 0 Å².